The SMILES string of the molecule is NC(=O)c1cc(NC(=O)c2cc(Cl)ncc2Cl)ccc1Cl. The Bertz CT molecular complexity index is 735. The highest BCUT2D eigenvalue weighted by molar-refractivity contribution is 6.36. The standard InChI is InChI=1S/C13H8Cl3N3O2/c14-9-2-1-6(3-7(9)12(17)20)19-13(21)8-4-11(16)18-5-10(8)15/h1-5H,(H2,17,20)(H,19,21). The van der Waals surface area contributed by atoms with Gasteiger partial charge in [-0.1, -0.05) is 34.8 Å². The minimum Gasteiger partial charge on any atom is -0.366 e. The van der Waals surface area contributed by atoms with Crippen LogP contribution in [0.2, 0.25) is 15.2 Å². The highest BCUT2D eigenvalue weighted by atomic mass is 35.5. The van der Waals surface area contributed by atoms with Crippen LogP contribution in [0.5, 0.6) is 0 Å². The van der Waals surface area contributed by atoms with Gasteiger partial charge in [0.15, 0.2) is 0 Å². The maximum atomic E-state index is 12.1. The van der Waals surface area contributed by atoms with Gasteiger partial charge in [0.2, 0.25) is 5.91 Å². The average molecular weight is 345 g/mol. The van der Waals surface area contributed by atoms with Crippen molar-refractivity contribution in [2.45, 2.75) is 0 Å². The first-order valence-corrected chi connectivity index (χ1v) is 6.73. The Morgan fingerprint density at radius 1 is 1.05 bits per heavy atom. The van der Waals surface area contributed by atoms with Crippen LogP contribution in [-0.4, -0.2) is 16.8 Å². The zero-order chi connectivity index (χ0) is 15.6. The molecule has 0 atom stereocenters. The van der Waals surface area contributed by atoms with E-state index in [2.05, 4.69) is 10.3 Å². The predicted molar refractivity (Wildman–Crippen MR) is 82.2 cm³/mol. The van der Waals surface area contributed by atoms with Crippen molar-refractivity contribution in [3.8, 4) is 0 Å². The van der Waals surface area contributed by atoms with Crippen LogP contribution in [0.25, 0.3) is 0 Å². The number of anilines is 1. The number of nitrogens with one attached hydrogen (secondary N) is 1. The summed E-state index contributed by atoms with van der Waals surface area (Å²) in [5.41, 5.74) is 5.80. The molecule has 1 aromatic carbocycles. The van der Waals surface area contributed by atoms with Crippen molar-refractivity contribution in [2.24, 2.45) is 5.73 Å². The van der Waals surface area contributed by atoms with Gasteiger partial charge in [-0.2, -0.15) is 0 Å². The van der Waals surface area contributed by atoms with Gasteiger partial charge in [-0.05, 0) is 24.3 Å². The molecule has 0 spiro atoms. The summed E-state index contributed by atoms with van der Waals surface area (Å²) in [5, 5.41) is 3.06. The molecule has 0 unspecified atom stereocenters. The highest BCUT2D eigenvalue weighted by Crippen LogP contribution is 2.23. The molecule has 2 aromatic rings. The second kappa shape index (κ2) is 6.30. The number of benzene rings is 1. The molecule has 8 heteroatoms. The Morgan fingerprint density at radius 2 is 1.76 bits per heavy atom. The summed E-state index contributed by atoms with van der Waals surface area (Å²) in [7, 11) is 0. The number of halogens is 3. The maximum absolute atomic E-state index is 12.1. The minimum absolute atomic E-state index is 0.105. The van der Waals surface area contributed by atoms with Crippen LogP contribution in [0.1, 0.15) is 20.7 Å². The van der Waals surface area contributed by atoms with Gasteiger partial charge in [0, 0.05) is 11.9 Å². The van der Waals surface area contributed by atoms with Crippen molar-refractivity contribution in [2.75, 3.05) is 5.32 Å². The second-order valence-corrected chi connectivity index (χ2v) is 5.20. The Balaban J connectivity index is 2.29. The molecular formula is C13H8Cl3N3O2. The van der Waals surface area contributed by atoms with Crippen LogP contribution >= 0.6 is 34.8 Å². The Hall–Kier alpha value is -1.82. The van der Waals surface area contributed by atoms with E-state index in [1.54, 1.807) is 0 Å². The lowest BCUT2D eigenvalue weighted by Gasteiger charge is -2.08. The van der Waals surface area contributed by atoms with Crippen molar-refractivity contribution < 1.29 is 9.59 Å². The molecule has 1 aromatic heterocycles. The fraction of sp³-hybridized carbons (Fsp3) is 0. The third-order valence-electron chi connectivity index (χ3n) is 2.56. The number of amides is 2. The molecule has 0 bridgehead atoms. The summed E-state index contributed by atoms with van der Waals surface area (Å²) in [4.78, 5) is 27.1. The second-order valence-electron chi connectivity index (χ2n) is 4.00. The van der Waals surface area contributed by atoms with E-state index in [1.807, 2.05) is 0 Å². The molecule has 0 aliphatic heterocycles. The van der Waals surface area contributed by atoms with Crippen LogP contribution < -0.4 is 11.1 Å². The van der Waals surface area contributed by atoms with Gasteiger partial charge in [-0.25, -0.2) is 4.98 Å². The quantitative estimate of drug-likeness (QED) is 0.837. The molecule has 2 rings (SSSR count). The molecular weight excluding hydrogens is 337 g/mol. The number of nitrogens with zero attached hydrogens (tertiary/aromatic N) is 1. The number of carbonyl (C=O) groups excluding carboxylic acids is 2. The molecule has 0 fully saturated rings. The van der Waals surface area contributed by atoms with E-state index >= 15 is 0 Å². The number of hydrogen-bond acceptors (Lipinski definition) is 3. The molecule has 21 heavy (non-hydrogen) atoms. The molecule has 108 valence electrons. The monoisotopic (exact) mass is 343 g/mol. The summed E-state index contributed by atoms with van der Waals surface area (Å²) in [5.74, 6) is -1.19. The van der Waals surface area contributed by atoms with Gasteiger partial charge >= 0.3 is 0 Å². The van der Waals surface area contributed by atoms with E-state index in [0.29, 0.717) is 5.69 Å². The summed E-state index contributed by atoms with van der Waals surface area (Å²) < 4.78 is 0. The summed E-state index contributed by atoms with van der Waals surface area (Å²) in [6, 6.07) is 5.70. The van der Waals surface area contributed by atoms with Gasteiger partial charge in [0.1, 0.15) is 5.15 Å². The smallest absolute Gasteiger partial charge is 0.257 e. The van der Waals surface area contributed by atoms with Gasteiger partial charge in [-0.15, -0.1) is 0 Å². The normalized spacial score (nSPS) is 10.2. The predicted octanol–water partition coefficient (Wildman–Crippen LogP) is 3.39. The first-order valence-electron chi connectivity index (χ1n) is 5.60. The zero-order valence-electron chi connectivity index (χ0n) is 10.4. The third-order valence-corrected chi connectivity index (χ3v) is 3.39. The highest BCUT2D eigenvalue weighted by Gasteiger charge is 2.14. The molecule has 5 nitrogen and oxygen atoms in total. The Kier molecular flexibility index (Phi) is 4.67. The van der Waals surface area contributed by atoms with Crippen LogP contribution in [0, 0.1) is 0 Å². The molecule has 0 radical (unpaired) electrons. The zero-order valence-corrected chi connectivity index (χ0v) is 12.6. The van der Waals surface area contributed by atoms with Crippen LogP contribution in [0.3, 0.4) is 0 Å². The fourth-order valence-corrected chi connectivity index (χ4v) is 2.14. The van der Waals surface area contributed by atoms with Crippen molar-refractivity contribution in [3.05, 3.63) is 56.8 Å². The van der Waals surface area contributed by atoms with Crippen LogP contribution in [-0.2, 0) is 0 Å². The van der Waals surface area contributed by atoms with Gasteiger partial charge in [0.05, 0.1) is 21.2 Å². The lowest BCUT2D eigenvalue weighted by Crippen LogP contribution is -2.15. The molecule has 2 amide bonds. The van der Waals surface area contributed by atoms with Gasteiger partial charge in [0.25, 0.3) is 5.91 Å². The molecule has 1 heterocycles. The van der Waals surface area contributed by atoms with E-state index < -0.39 is 11.8 Å². The topological polar surface area (TPSA) is 85.1 Å². The van der Waals surface area contributed by atoms with Gasteiger partial charge < -0.3 is 11.1 Å². The van der Waals surface area contributed by atoms with E-state index in [1.165, 1.54) is 30.5 Å². The molecule has 0 saturated heterocycles. The Morgan fingerprint density at radius 3 is 2.43 bits per heavy atom. The first-order chi connectivity index (χ1) is 9.88. The number of carbonyl (C=O) groups is 2. The maximum Gasteiger partial charge on any atom is 0.257 e. The van der Waals surface area contributed by atoms with Crippen molar-refractivity contribution in [1.29, 1.82) is 0 Å². The van der Waals surface area contributed by atoms with Crippen molar-refractivity contribution in [1.82, 2.24) is 4.98 Å². The van der Waals surface area contributed by atoms with Crippen LogP contribution in [0.15, 0.2) is 30.5 Å². The fourth-order valence-electron chi connectivity index (χ4n) is 1.58. The van der Waals surface area contributed by atoms with Crippen molar-refractivity contribution in [3.63, 3.8) is 0 Å². The van der Waals surface area contributed by atoms with E-state index in [0.717, 1.165) is 0 Å². The summed E-state index contributed by atoms with van der Waals surface area (Å²) in [6.07, 6.45) is 1.27. The lowest BCUT2D eigenvalue weighted by molar-refractivity contribution is 0.0996. The number of hydrogen-bond donors (Lipinski definition) is 2. The Labute approximate surface area is 135 Å². The molecule has 3 N–H and O–H groups in total. The first kappa shape index (κ1) is 15.6. The molecule has 0 saturated carbocycles. The van der Waals surface area contributed by atoms with Crippen molar-refractivity contribution >= 4 is 52.3 Å². The van der Waals surface area contributed by atoms with Crippen LogP contribution in [0.4, 0.5) is 5.69 Å². The lowest BCUT2D eigenvalue weighted by atomic mass is 10.1. The number of rotatable bonds is 3. The minimum atomic E-state index is -0.693. The van der Waals surface area contributed by atoms with E-state index in [9.17, 15) is 9.59 Å². The average Bonchev–Trinajstić information content (AvgIpc) is 2.43. The third kappa shape index (κ3) is 3.64. The molecule has 0 aliphatic rings. The van der Waals surface area contributed by atoms with E-state index in [4.69, 9.17) is 40.5 Å². The number of pyridine rings is 1. The summed E-state index contributed by atoms with van der Waals surface area (Å²) >= 11 is 17.4. The number of primary amides is 1. The largest absolute Gasteiger partial charge is 0.366 e. The number of nitrogens with two attached hydrogens (primary N) is 1. The molecule has 0 aliphatic carbocycles. The van der Waals surface area contributed by atoms with Gasteiger partial charge in [-0.3, -0.25) is 9.59 Å². The summed E-state index contributed by atoms with van der Waals surface area (Å²) in [6.45, 7) is 0. The number of aromatic nitrogens is 1. The van der Waals surface area contributed by atoms with E-state index in [-0.39, 0.29) is 26.3 Å².